The average molecular weight is 211 g/mol. The lowest BCUT2D eigenvalue weighted by Crippen LogP contribution is -2.50. The van der Waals surface area contributed by atoms with E-state index in [0.29, 0.717) is 0 Å². The molecule has 2 amide bonds. The summed E-state index contributed by atoms with van der Waals surface area (Å²) in [4.78, 5) is 33.4. The summed E-state index contributed by atoms with van der Waals surface area (Å²) in [7, 11) is 0. The molecule has 0 aliphatic carbocycles. The van der Waals surface area contributed by atoms with Crippen LogP contribution in [0.2, 0.25) is 0 Å². The summed E-state index contributed by atoms with van der Waals surface area (Å²) in [6.07, 6.45) is -0.845. The highest BCUT2D eigenvalue weighted by atomic mass is 19.3. The number of hydrogen-bond donors (Lipinski definition) is 0. The van der Waals surface area contributed by atoms with Gasteiger partial charge in [0.05, 0.1) is 0 Å². The molecule has 0 aromatic heterocycles. The van der Waals surface area contributed by atoms with Crippen LogP contribution >= 0.6 is 0 Å². The predicted molar refractivity (Wildman–Crippen MR) is 33.2 cm³/mol. The van der Waals surface area contributed by atoms with Gasteiger partial charge in [-0.15, -0.1) is 0 Å². The van der Waals surface area contributed by atoms with Crippen LogP contribution in [0.5, 0.6) is 0 Å². The van der Waals surface area contributed by atoms with Crippen molar-refractivity contribution in [2.75, 3.05) is 0 Å². The number of likely N-dealkylation sites (tertiary alicyclic amines) is 1. The van der Waals surface area contributed by atoms with Gasteiger partial charge in [-0.25, -0.2) is 14.6 Å². The highest BCUT2D eigenvalue weighted by Gasteiger charge is 2.55. The zero-order valence-electron chi connectivity index (χ0n) is 6.63. The van der Waals surface area contributed by atoms with Crippen LogP contribution in [0.15, 0.2) is 0 Å². The monoisotopic (exact) mass is 211 g/mol. The minimum Gasteiger partial charge on any atom is -0.274 e. The third-order valence-corrected chi connectivity index (χ3v) is 1.65. The lowest BCUT2D eigenvalue weighted by Gasteiger charge is -2.20. The van der Waals surface area contributed by atoms with Gasteiger partial charge < -0.3 is 0 Å². The Balaban J connectivity index is 2.96. The molecule has 1 rings (SSSR count). The van der Waals surface area contributed by atoms with Crippen LogP contribution in [0, 0.1) is 0 Å². The highest BCUT2D eigenvalue weighted by Crippen LogP contribution is 2.28. The van der Waals surface area contributed by atoms with Crippen molar-refractivity contribution in [3.05, 3.63) is 0 Å². The number of carbonyl (C=O) groups is 3. The van der Waals surface area contributed by atoms with Gasteiger partial charge in [-0.3, -0.25) is 9.59 Å². The second kappa shape index (κ2) is 3.28. The van der Waals surface area contributed by atoms with Crippen molar-refractivity contribution in [2.45, 2.75) is 18.9 Å². The van der Waals surface area contributed by atoms with Crippen molar-refractivity contribution >= 4 is 17.8 Å². The predicted octanol–water partition coefficient (Wildman–Crippen LogP) is 0.156. The largest absolute Gasteiger partial charge is 0.440 e. The first-order valence-corrected chi connectivity index (χ1v) is 3.48. The van der Waals surface area contributed by atoms with E-state index in [9.17, 15) is 27.7 Å². The van der Waals surface area contributed by atoms with E-state index in [2.05, 4.69) is 4.94 Å². The molecule has 1 fully saturated rings. The second-order valence-corrected chi connectivity index (χ2v) is 2.53. The van der Waals surface area contributed by atoms with Crippen LogP contribution in [-0.2, 0) is 19.3 Å². The Morgan fingerprint density at radius 2 is 1.71 bits per heavy atom. The topological polar surface area (TPSA) is 63.7 Å². The Kier molecular flexibility index (Phi) is 2.45. The van der Waals surface area contributed by atoms with Crippen LogP contribution in [0.25, 0.3) is 0 Å². The summed E-state index contributed by atoms with van der Waals surface area (Å²) in [6, 6.07) is -4.57. The third kappa shape index (κ3) is 1.42. The summed E-state index contributed by atoms with van der Waals surface area (Å²) < 4.78 is 36.8. The number of hydrogen-bond acceptors (Lipinski definition) is 4. The standard InChI is InChI=1S/C6H4F3NO4/c7-6(8,5(13)14-9)10-3(11)1-2-4(10)12/h1-2H2. The maximum absolute atomic E-state index is 12.8. The Labute approximate surface area is 75.3 Å². The molecule has 14 heavy (non-hydrogen) atoms. The summed E-state index contributed by atoms with van der Waals surface area (Å²) >= 11 is 0. The van der Waals surface area contributed by atoms with Gasteiger partial charge >= 0.3 is 12.0 Å². The number of carbonyl (C=O) groups excluding carboxylic acids is 3. The van der Waals surface area contributed by atoms with E-state index in [4.69, 9.17) is 0 Å². The van der Waals surface area contributed by atoms with E-state index in [-0.39, 0.29) is 0 Å². The van der Waals surface area contributed by atoms with E-state index in [1.807, 2.05) is 0 Å². The molecule has 1 aliphatic rings. The molecule has 1 heterocycles. The van der Waals surface area contributed by atoms with Crippen LogP contribution in [0.3, 0.4) is 0 Å². The summed E-state index contributed by atoms with van der Waals surface area (Å²) in [5.41, 5.74) is 0. The minimum atomic E-state index is -4.57. The fraction of sp³-hybridized carbons (Fsp3) is 0.500. The maximum Gasteiger partial charge on any atom is 0.440 e. The molecule has 1 aliphatic heterocycles. The molecular weight excluding hydrogens is 207 g/mol. The van der Waals surface area contributed by atoms with Crippen LogP contribution in [0.1, 0.15) is 12.8 Å². The van der Waals surface area contributed by atoms with Gasteiger partial charge in [-0.05, 0) is 0 Å². The van der Waals surface area contributed by atoms with Gasteiger partial charge in [0.1, 0.15) is 0 Å². The molecular formula is C6H4F3NO4. The minimum absolute atomic E-state index is 0.423. The zero-order chi connectivity index (χ0) is 10.9. The smallest absolute Gasteiger partial charge is 0.274 e. The number of nitrogens with zero attached hydrogens (tertiary/aromatic N) is 1. The molecule has 0 aromatic carbocycles. The summed E-state index contributed by atoms with van der Waals surface area (Å²) in [6.45, 7) is 0. The number of rotatable bonds is 2. The Morgan fingerprint density at radius 3 is 2.07 bits per heavy atom. The average Bonchev–Trinajstić information content (AvgIpc) is 2.44. The maximum atomic E-state index is 12.8. The molecule has 1 saturated heterocycles. The first kappa shape index (κ1) is 10.5. The van der Waals surface area contributed by atoms with Gasteiger partial charge in [0, 0.05) is 17.4 Å². The van der Waals surface area contributed by atoms with Crippen molar-refractivity contribution in [1.82, 2.24) is 4.90 Å². The fourth-order valence-electron chi connectivity index (χ4n) is 1.03. The SMILES string of the molecule is O=C1CCC(=O)N1C(F)(F)C(=O)OF. The first-order valence-electron chi connectivity index (χ1n) is 3.48. The first-order chi connectivity index (χ1) is 6.41. The van der Waals surface area contributed by atoms with E-state index in [0.717, 1.165) is 0 Å². The van der Waals surface area contributed by atoms with Gasteiger partial charge in [0.2, 0.25) is 11.8 Å². The molecule has 8 heteroatoms. The van der Waals surface area contributed by atoms with Crippen LogP contribution < -0.4 is 0 Å². The number of alkyl halides is 2. The van der Waals surface area contributed by atoms with Crippen molar-refractivity contribution < 1.29 is 32.6 Å². The van der Waals surface area contributed by atoms with Crippen molar-refractivity contribution in [1.29, 1.82) is 0 Å². The van der Waals surface area contributed by atoms with Gasteiger partial charge in [0.15, 0.2) is 0 Å². The molecule has 0 unspecified atom stereocenters. The fourth-order valence-corrected chi connectivity index (χ4v) is 1.03. The van der Waals surface area contributed by atoms with E-state index >= 15 is 0 Å². The molecule has 0 N–H and O–H groups in total. The third-order valence-electron chi connectivity index (χ3n) is 1.65. The van der Waals surface area contributed by atoms with E-state index in [1.165, 1.54) is 0 Å². The van der Waals surface area contributed by atoms with Crippen LogP contribution in [-0.4, -0.2) is 28.7 Å². The van der Waals surface area contributed by atoms with Gasteiger partial charge in [-0.2, -0.15) is 8.78 Å². The van der Waals surface area contributed by atoms with E-state index < -0.39 is 41.6 Å². The second-order valence-electron chi connectivity index (χ2n) is 2.53. The Morgan fingerprint density at radius 1 is 1.29 bits per heavy atom. The number of halogens is 3. The van der Waals surface area contributed by atoms with Crippen molar-refractivity contribution in [2.24, 2.45) is 0 Å². The lowest BCUT2D eigenvalue weighted by atomic mass is 10.4. The molecule has 0 radical (unpaired) electrons. The van der Waals surface area contributed by atoms with Crippen molar-refractivity contribution in [3.8, 4) is 0 Å². The number of imide groups is 1. The molecule has 0 aromatic rings. The number of amides is 2. The molecule has 0 atom stereocenters. The van der Waals surface area contributed by atoms with Crippen molar-refractivity contribution in [3.63, 3.8) is 0 Å². The zero-order valence-corrected chi connectivity index (χ0v) is 6.63. The van der Waals surface area contributed by atoms with E-state index in [1.54, 1.807) is 0 Å². The Hall–Kier alpha value is -1.60. The van der Waals surface area contributed by atoms with Gasteiger partial charge in [0.25, 0.3) is 0 Å². The molecule has 0 spiro atoms. The highest BCUT2D eigenvalue weighted by molar-refractivity contribution is 6.05. The molecule has 78 valence electrons. The molecule has 0 saturated carbocycles. The molecule has 0 bridgehead atoms. The summed E-state index contributed by atoms with van der Waals surface area (Å²) in [5, 5.41) is 0. The van der Waals surface area contributed by atoms with Gasteiger partial charge in [-0.1, -0.05) is 0 Å². The quantitative estimate of drug-likeness (QED) is 0.482. The Bertz CT molecular complexity index is 287. The van der Waals surface area contributed by atoms with Crippen LogP contribution in [0.4, 0.5) is 13.3 Å². The molecule has 5 nitrogen and oxygen atoms in total. The normalized spacial score (nSPS) is 17.5. The lowest BCUT2D eigenvalue weighted by molar-refractivity contribution is -0.233. The summed E-state index contributed by atoms with van der Waals surface area (Å²) in [5.74, 6) is -5.04.